The van der Waals surface area contributed by atoms with E-state index in [0.717, 1.165) is 6.42 Å². The molecule has 4 heteroatoms. The molecular weight excluding hydrogens is 264 g/mol. The van der Waals surface area contributed by atoms with Crippen LogP contribution in [0.2, 0.25) is 0 Å². The molecular formula is C17H18N2O2. The Morgan fingerprint density at radius 2 is 2.05 bits per heavy atom. The Morgan fingerprint density at radius 1 is 1.24 bits per heavy atom. The van der Waals surface area contributed by atoms with Crippen molar-refractivity contribution in [2.75, 3.05) is 13.7 Å². The van der Waals surface area contributed by atoms with E-state index < -0.39 is 0 Å². The van der Waals surface area contributed by atoms with Gasteiger partial charge in [0.15, 0.2) is 11.5 Å². The fraction of sp³-hybridized carbons (Fsp3) is 0.235. The molecule has 1 aliphatic rings. The van der Waals surface area contributed by atoms with E-state index in [1.54, 1.807) is 25.3 Å². The number of nitrogens with one attached hydrogen (secondary N) is 1. The predicted octanol–water partition coefficient (Wildman–Crippen LogP) is 2.70. The van der Waals surface area contributed by atoms with E-state index in [4.69, 9.17) is 20.6 Å². The molecule has 2 aromatic carbocycles. The monoisotopic (exact) mass is 282 g/mol. The van der Waals surface area contributed by atoms with Crippen molar-refractivity contribution >= 4 is 5.84 Å². The highest BCUT2D eigenvalue weighted by molar-refractivity contribution is 5.95. The van der Waals surface area contributed by atoms with E-state index >= 15 is 0 Å². The summed E-state index contributed by atoms with van der Waals surface area (Å²) in [5.74, 6) is 1.76. The van der Waals surface area contributed by atoms with Crippen LogP contribution in [-0.2, 0) is 6.42 Å². The molecule has 21 heavy (non-hydrogen) atoms. The molecule has 1 aliphatic carbocycles. The van der Waals surface area contributed by atoms with Gasteiger partial charge < -0.3 is 15.2 Å². The molecule has 3 rings (SSSR count). The summed E-state index contributed by atoms with van der Waals surface area (Å²) in [6.45, 7) is 0.632. The van der Waals surface area contributed by atoms with Gasteiger partial charge in [-0.05, 0) is 35.7 Å². The Balaban J connectivity index is 1.70. The SMILES string of the molecule is COc1cc(C(=N)N)ccc1OCC1Cc2ccccc21. The van der Waals surface area contributed by atoms with Crippen molar-refractivity contribution in [2.45, 2.75) is 12.3 Å². The van der Waals surface area contributed by atoms with Gasteiger partial charge >= 0.3 is 0 Å². The van der Waals surface area contributed by atoms with Crippen LogP contribution >= 0.6 is 0 Å². The van der Waals surface area contributed by atoms with E-state index in [0.29, 0.717) is 29.6 Å². The summed E-state index contributed by atoms with van der Waals surface area (Å²) in [7, 11) is 1.59. The number of nitrogens with two attached hydrogens (primary N) is 1. The summed E-state index contributed by atoms with van der Waals surface area (Å²) in [5, 5.41) is 7.45. The summed E-state index contributed by atoms with van der Waals surface area (Å²) in [4.78, 5) is 0. The van der Waals surface area contributed by atoms with Gasteiger partial charge in [-0.1, -0.05) is 24.3 Å². The molecule has 0 fully saturated rings. The highest BCUT2D eigenvalue weighted by atomic mass is 16.5. The van der Waals surface area contributed by atoms with Crippen molar-refractivity contribution in [1.29, 1.82) is 5.41 Å². The maximum atomic E-state index is 7.45. The molecule has 0 aromatic heterocycles. The molecule has 2 aromatic rings. The number of hydrogen-bond acceptors (Lipinski definition) is 3. The number of benzene rings is 2. The number of amidine groups is 1. The van der Waals surface area contributed by atoms with Crippen molar-refractivity contribution < 1.29 is 9.47 Å². The predicted molar refractivity (Wildman–Crippen MR) is 82.4 cm³/mol. The van der Waals surface area contributed by atoms with E-state index in [-0.39, 0.29) is 5.84 Å². The normalized spacial score (nSPS) is 15.8. The number of rotatable bonds is 5. The van der Waals surface area contributed by atoms with Crippen molar-refractivity contribution in [3.05, 3.63) is 59.2 Å². The Bertz CT molecular complexity index is 682. The Morgan fingerprint density at radius 3 is 2.76 bits per heavy atom. The molecule has 0 heterocycles. The van der Waals surface area contributed by atoms with Crippen LogP contribution < -0.4 is 15.2 Å². The van der Waals surface area contributed by atoms with Gasteiger partial charge in [0.25, 0.3) is 0 Å². The molecule has 1 atom stereocenters. The first-order valence-electron chi connectivity index (χ1n) is 6.92. The summed E-state index contributed by atoms with van der Waals surface area (Å²) in [5.41, 5.74) is 8.89. The summed E-state index contributed by atoms with van der Waals surface area (Å²) < 4.78 is 11.2. The van der Waals surface area contributed by atoms with E-state index in [1.807, 2.05) is 0 Å². The zero-order valence-electron chi connectivity index (χ0n) is 11.9. The summed E-state index contributed by atoms with van der Waals surface area (Å²) >= 11 is 0. The molecule has 0 bridgehead atoms. The van der Waals surface area contributed by atoms with E-state index in [2.05, 4.69) is 24.3 Å². The zero-order valence-corrected chi connectivity index (χ0v) is 11.9. The average Bonchev–Trinajstić information content (AvgIpc) is 2.48. The first-order valence-corrected chi connectivity index (χ1v) is 6.92. The zero-order chi connectivity index (χ0) is 14.8. The molecule has 108 valence electrons. The van der Waals surface area contributed by atoms with E-state index in [9.17, 15) is 0 Å². The van der Waals surface area contributed by atoms with Gasteiger partial charge in [-0.25, -0.2) is 0 Å². The highest BCUT2D eigenvalue weighted by Crippen LogP contribution is 2.36. The van der Waals surface area contributed by atoms with Gasteiger partial charge in [-0.2, -0.15) is 0 Å². The van der Waals surface area contributed by atoms with Gasteiger partial charge in [0, 0.05) is 11.5 Å². The minimum absolute atomic E-state index is 0.0211. The van der Waals surface area contributed by atoms with Crippen LogP contribution in [0.15, 0.2) is 42.5 Å². The Hall–Kier alpha value is -2.49. The molecule has 3 N–H and O–H groups in total. The smallest absolute Gasteiger partial charge is 0.161 e. The van der Waals surface area contributed by atoms with Crippen LogP contribution in [0.5, 0.6) is 11.5 Å². The van der Waals surface area contributed by atoms with Crippen molar-refractivity contribution in [3.63, 3.8) is 0 Å². The topological polar surface area (TPSA) is 68.3 Å². The van der Waals surface area contributed by atoms with Gasteiger partial charge in [0.05, 0.1) is 13.7 Å². The van der Waals surface area contributed by atoms with Gasteiger partial charge in [-0.3, -0.25) is 5.41 Å². The second kappa shape index (κ2) is 5.48. The standard InChI is InChI=1S/C17H18N2O2/c1-20-16-9-12(17(18)19)6-7-15(16)21-10-13-8-11-4-2-3-5-14(11)13/h2-7,9,13H,8,10H2,1H3,(H3,18,19). The third kappa shape index (κ3) is 2.57. The number of ether oxygens (including phenoxy) is 2. The average molecular weight is 282 g/mol. The molecule has 0 saturated heterocycles. The maximum Gasteiger partial charge on any atom is 0.161 e. The van der Waals surface area contributed by atoms with Crippen LogP contribution in [-0.4, -0.2) is 19.6 Å². The third-order valence-electron chi connectivity index (χ3n) is 3.88. The Kier molecular flexibility index (Phi) is 3.52. The lowest BCUT2D eigenvalue weighted by Crippen LogP contribution is -2.23. The number of nitrogen functional groups attached to an aromatic ring is 1. The van der Waals surface area contributed by atoms with Crippen molar-refractivity contribution in [1.82, 2.24) is 0 Å². The third-order valence-corrected chi connectivity index (χ3v) is 3.88. The number of methoxy groups -OCH3 is 1. The first-order chi connectivity index (χ1) is 10.2. The fourth-order valence-electron chi connectivity index (χ4n) is 2.66. The minimum atomic E-state index is 0.0211. The van der Waals surface area contributed by atoms with Crippen LogP contribution in [0.25, 0.3) is 0 Å². The molecule has 0 amide bonds. The lowest BCUT2D eigenvalue weighted by atomic mass is 9.78. The Labute approximate surface area is 124 Å². The lowest BCUT2D eigenvalue weighted by Gasteiger charge is -2.30. The van der Waals surface area contributed by atoms with Gasteiger partial charge in [0.1, 0.15) is 5.84 Å². The molecule has 0 saturated carbocycles. The fourth-order valence-corrected chi connectivity index (χ4v) is 2.66. The number of fused-ring (bicyclic) bond motifs is 1. The number of hydrogen-bond donors (Lipinski definition) is 2. The second-order valence-electron chi connectivity index (χ2n) is 5.19. The van der Waals surface area contributed by atoms with Crippen molar-refractivity contribution in [3.8, 4) is 11.5 Å². The summed E-state index contributed by atoms with van der Waals surface area (Å²) in [6.07, 6.45) is 1.06. The second-order valence-corrected chi connectivity index (χ2v) is 5.19. The van der Waals surface area contributed by atoms with Gasteiger partial charge in [0.2, 0.25) is 0 Å². The lowest BCUT2D eigenvalue weighted by molar-refractivity contribution is 0.261. The molecule has 0 spiro atoms. The largest absolute Gasteiger partial charge is 0.493 e. The van der Waals surface area contributed by atoms with Crippen LogP contribution in [0.1, 0.15) is 22.6 Å². The molecule has 0 radical (unpaired) electrons. The van der Waals surface area contributed by atoms with Gasteiger partial charge in [-0.15, -0.1) is 0 Å². The first kappa shape index (κ1) is 13.5. The maximum absolute atomic E-state index is 7.45. The highest BCUT2D eigenvalue weighted by Gasteiger charge is 2.26. The molecule has 4 nitrogen and oxygen atoms in total. The van der Waals surface area contributed by atoms with Crippen LogP contribution in [0, 0.1) is 5.41 Å². The summed E-state index contributed by atoms with van der Waals surface area (Å²) in [6, 6.07) is 13.8. The van der Waals surface area contributed by atoms with Crippen molar-refractivity contribution in [2.24, 2.45) is 5.73 Å². The minimum Gasteiger partial charge on any atom is -0.493 e. The van der Waals surface area contributed by atoms with Crippen LogP contribution in [0.3, 0.4) is 0 Å². The van der Waals surface area contributed by atoms with Crippen LogP contribution in [0.4, 0.5) is 0 Å². The van der Waals surface area contributed by atoms with E-state index in [1.165, 1.54) is 11.1 Å². The quantitative estimate of drug-likeness (QED) is 0.654. The molecule has 1 unspecified atom stereocenters. The molecule has 0 aliphatic heterocycles.